The highest BCUT2D eigenvalue weighted by Crippen LogP contribution is 2.30. The number of carbonyl (C=O) groups is 2. The van der Waals surface area contributed by atoms with Crippen LogP contribution in [0.1, 0.15) is 41.0 Å². The van der Waals surface area contributed by atoms with Gasteiger partial charge in [0.05, 0.1) is 6.54 Å². The summed E-state index contributed by atoms with van der Waals surface area (Å²) in [5.74, 6) is -1.20. The number of aryl methyl sites for hydroxylation is 2. The van der Waals surface area contributed by atoms with Crippen molar-refractivity contribution in [1.29, 1.82) is 0 Å². The summed E-state index contributed by atoms with van der Waals surface area (Å²) < 4.78 is 27.2. The van der Waals surface area contributed by atoms with Gasteiger partial charge in [-0.25, -0.2) is 8.78 Å². The Hall–Kier alpha value is -3.82. The van der Waals surface area contributed by atoms with Crippen molar-refractivity contribution in [3.05, 3.63) is 94.6 Å². The van der Waals surface area contributed by atoms with E-state index in [1.807, 2.05) is 49.9 Å². The summed E-state index contributed by atoms with van der Waals surface area (Å²) in [4.78, 5) is 31.5. The standard InChI is InChI=1S/C33H41F2N5O2/c1-22-18-28(38(3)4)19-23(2)32(22)37-31(41)21-39-16-17-40(30(20-39)33(36)42)15-5-6-29(24-7-11-26(34)12-8-24)25-9-13-27(35)14-10-25/h7-14,18-19,29-30H,5-6,15-17,20-21H2,1-4H3,(H2,36,42)(H,37,41). The maximum atomic E-state index is 13.6. The van der Waals surface area contributed by atoms with Crippen LogP contribution in [0.3, 0.4) is 0 Å². The molecule has 1 saturated heterocycles. The summed E-state index contributed by atoms with van der Waals surface area (Å²) in [6.45, 7) is 6.39. The van der Waals surface area contributed by atoms with Gasteiger partial charge in [0.15, 0.2) is 0 Å². The molecular weight excluding hydrogens is 536 g/mol. The van der Waals surface area contributed by atoms with E-state index in [0.29, 0.717) is 26.2 Å². The quantitative estimate of drug-likeness (QED) is 0.346. The summed E-state index contributed by atoms with van der Waals surface area (Å²) in [6.07, 6.45) is 1.49. The summed E-state index contributed by atoms with van der Waals surface area (Å²) in [5, 5.41) is 3.06. The van der Waals surface area contributed by atoms with E-state index in [2.05, 4.69) is 10.2 Å². The zero-order valence-electron chi connectivity index (χ0n) is 24.9. The summed E-state index contributed by atoms with van der Waals surface area (Å²) in [7, 11) is 3.97. The minimum absolute atomic E-state index is 0.0399. The molecule has 1 fully saturated rings. The molecule has 0 aliphatic carbocycles. The first-order valence-electron chi connectivity index (χ1n) is 14.4. The monoisotopic (exact) mass is 577 g/mol. The number of anilines is 2. The number of nitrogens with one attached hydrogen (secondary N) is 1. The van der Waals surface area contributed by atoms with Crippen molar-refractivity contribution in [3.8, 4) is 0 Å². The Morgan fingerprint density at radius 1 is 0.952 bits per heavy atom. The lowest BCUT2D eigenvalue weighted by Crippen LogP contribution is -2.59. The van der Waals surface area contributed by atoms with Crippen LogP contribution in [0.5, 0.6) is 0 Å². The van der Waals surface area contributed by atoms with Crippen molar-refractivity contribution in [3.63, 3.8) is 0 Å². The Kier molecular flexibility index (Phi) is 10.3. The minimum atomic E-state index is -0.510. The van der Waals surface area contributed by atoms with E-state index in [1.54, 1.807) is 24.3 Å². The van der Waals surface area contributed by atoms with E-state index in [-0.39, 0.29) is 30.0 Å². The largest absolute Gasteiger partial charge is 0.378 e. The molecule has 4 rings (SSSR count). The van der Waals surface area contributed by atoms with Gasteiger partial charge in [-0.2, -0.15) is 0 Å². The third-order valence-corrected chi connectivity index (χ3v) is 8.05. The number of amides is 2. The fourth-order valence-electron chi connectivity index (χ4n) is 5.75. The Morgan fingerprint density at radius 3 is 2.00 bits per heavy atom. The van der Waals surface area contributed by atoms with Crippen LogP contribution < -0.4 is 16.0 Å². The third kappa shape index (κ3) is 7.92. The third-order valence-electron chi connectivity index (χ3n) is 8.05. The fourth-order valence-corrected chi connectivity index (χ4v) is 5.75. The number of hydrogen-bond donors (Lipinski definition) is 2. The second kappa shape index (κ2) is 13.9. The molecule has 2 amide bonds. The van der Waals surface area contributed by atoms with E-state index in [9.17, 15) is 18.4 Å². The van der Waals surface area contributed by atoms with Gasteiger partial charge < -0.3 is 16.0 Å². The first-order chi connectivity index (χ1) is 20.0. The highest BCUT2D eigenvalue weighted by molar-refractivity contribution is 5.94. The number of nitrogens with zero attached hydrogens (tertiary/aromatic N) is 3. The van der Waals surface area contributed by atoms with E-state index >= 15 is 0 Å². The van der Waals surface area contributed by atoms with Gasteiger partial charge in [0, 0.05) is 51.0 Å². The number of piperazine rings is 1. The molecule has 0 saturated carbocycles. The first-order valence-corrected chi connectivity index (χ1v) is 14.4. The van der Waals surface area contributed by atoms with Gasteiger partial charge in [0.1, 0.15) is 17.7 Å². The lowest BCUT2D eigenvalue weighted by Gasteiger charge is -2.39. The maximum absolute atomic E-state index is 13.6. The first kappa shape index (κ1) is 31.1. The van der Waals surface area contributed by atoms with Crippen LogP contribution in [0.2, 0.25) is 0 Å². The highest BCUT2D eigenvalue weighted by Gasteiger charge is 2.31. The topological polar surface area (TPSA) is 81.9 Å². The number of hydrogen-bond acceptors (Lipinski definition) is 5. The normalized spacial score (nSPS) is 16.0. The highest BCUT2D eigenvalue weighted by atomic mass is 19.1. The van der Waals surface area contributed by atoms with Crippen LogP contribution in [-0.2, 0) is 9.59 Å². The number of benzene rings is 3. The average molecular weight is 578 g/mol. The van der Waals surface area contributed by atoms with Crippen molar-refractivity contribution in [1.82, 2.24) is 9.80 Å². The van der Waals surface area contributed by atoms with Crippen molar-refractivity contribution < 1.29 is 18.4 Å². The molecule has 1 aliphatic heterocycles. The molecule has 7 nitrogen and oxygen atoms in total. The van der Waals surface area contributed by atoms with Gasteiger partial charge in [-0.1, -0.05) is 24.3 Å². The number of carbonyl (C=O) groups excluding carboxylic acids is 2. The van der Waals surface area contributed by atoms with Crippen molar-refractivity contribution in [2.75, 3.05) is 57.0 Å². The van der Waals surface area contributed by atoms with Gasteiger partial charge in [-0.05, 0) is 91.9 Å². The Balaban J connectivity index is 1.35. The van der Waals surface area contributed by atoms with Crippen molar-refractivity contribution in [2.45, 2.75) is 38.6 Å². The zero-order chi connectivity index (χ0) is 30.4. The lowest BCUT2D eigenvalue weighted by molar-refractivity contribution is -0.127. The van der Waals surface area contributed by atoms with Gasteiger partial charge >= 0.3 is 0 Å². The number of rotatable bonds is 11. The smallest absolute Gasteiger partial charge is 0.238 e. The molecule has 3 N–H and O–H groups in total. The summed E-state index contributed by atoms with van der Waals surface area (Å²) in [5.41, 5.74) is 11.6. The molecule has 0 aromatic heterocycles. The fraction of sp³-hybridized carbons (Fsp3) is 0.394. The van der Waals surface area contributed by atoms with Crippen LogP contribution in [0.25, 0.3) is 0 Å². The number of halogens is 2. The zero-order valence-corrected chi connectivity index (χ0v) is 24.9. The average Bonchev–Trinajstić information content (AvgIpc) is 2.94. The maximum Gasteiger partial charge on any atom is 0.238 e. The van der Waals surface area contributed by atoms with E-state index in [1.165, 1.54) is 24.3 Å². The predicted molar refractivity (Wildman–Crippen MR) is 164 cm³/mol. The van der Waals surface area contributed by atoms with Crippen molar-refractivity contribution >= 4 is 23.2 Å². The van der Waals surface area contributed by atoms with Gasteiger partial charge in [-0.15, -0.1) is 0 Å². The molecule has 3 aromatic rings. The van der Waals surface area contributed by atoms with E-state index < -0.39 is 11.9 Å². The Labute approximate surface area is 247 Å². The van der Waals surface area contributed by atoms with Crippen molar-refractivity contribution in [2.24, 2.45) is 5.73 Å². The Morgan fingerprint density at radius 2 is 1.50 bits per heavy atom. The van der Waals surface area contributed by atoms with Crippen LogP contribution in [0.15, 0.2) is 60.7 Å². The Bertz CT molecular complexity index is 1310. The predicted octanol–water partition coefficient (Wildman–Crippen LogP) is 4.67. The number of primary amides is 1. The second-order valence-corrected chi connectivity index (χ2v) is 11.4. The molecule has 1 aliphatic rings. The number of nitrogens with two attached hydrogens (primary N) is 1. The molecule has 0 spiro atoms. The molecule has 224 valence electrons. The molecule has 9 heteroatoms. The van der Waals surface area contributed by atoms with Gasteiger partial charge in [-0.3, -0.25) is 19.4 Å². The second-order valence-electron chi connectivity index (χ2n) is 11.4. The van der Waals surface area contributed by atoms with Crippen LogP contribution in [0, 0.1) is 25.5 Å². The minimum Gasteiger partial charge on any atom is -0.378 e. The van der Waals surface area contributed by atoms with Crippen LogP contribution >= 0.6 is 0 Å². The summed E-state index contributed by atoms with van der Waals surface area (Å²) >= 11 is 0. The van der Waals surface area contributed by atoms with E-state index in [4.69, 9.17) is 5.73 Å². The lowest BCUT2D eigenvalue weighted by atomic mass is 9.87. The van der Waals surface area contributed by atoms with Gasteiger partial charge in [0.25, 0.3) is 0 Å². The molecule has 1 unspecified atom stereocenters. The van der Waals surface area contributed by atoms with Crippen LogP contribution in [0.4, 0.5) is 20.2 Å². The molecule has 42 heavy (non-hydrogen) atoms. The summed E-state index contributed by atoms with van der Waals surface area (Å²) in [6, 6.07) is 16.4. The SMILES string of the molecule is Cc1cc(N(C)C)cc(C)c1NC(=O)CN1CCN(CCCC(c2ccc(F)cc2)c2ccc(F)cc2)C(C(N)=O)C1. The molecule has 3 aromatic carbocycles. The van der Waals surface area contributed by atoms with E-state index in [0.717, 1.165) is 46.5 Å². The molecule has 1 heterocycles. The molecule has 0 bridgehead atoms. The molecule has 1 atom stereocenters. The molecule has 0 radical (unpaired) electrons. The van der Waals surface area contributed by atoms with Crippen LogP contribution in [-0.4, -0.2) is 74.5 Å². The molecular formula is C33H41F2N5O2. The van der Waals surface area contributed by atoms with Gasteiger partial charge in [0.2, 0.25) is 11.8 Å².